The van der Waals surface area contributed by atoms with E-state index in [0.717, 1.165) is 5.69 Å². The number of amides is 1. The summed E-state index contributed by atoms with van der Waals surface area (Å²) in [5.74, 6) is 4.29. The van der Waals surface area contributed by atoms with Gasteiger partial charge in [-0.2, -0.15) is 0 Å². The predicted octanol–water partition coefficient (Wildman–Crippen LogP) is 1.46. The van der Waals surface area contributed by atoms with Gasteiger partial charge < -0.3 is 0 Å². The van der Waals surface area contributed by atoms with Crippen molar-refractivity contribution in [1.82, 2.24) is 15.3 Å². The number of aromatic nitrogens is 1. The van der Waals surface area contributed by atoms with Gasteiger partial charge in [0.05, 0.1) is 5.69 Å². The van der Waals surface area contributed by atoms with E-state index in [-0.39, 0.29) is 5.82 Å². The number of nitrogens with two attached hydrogens (primary N) is 1. The first-order chi connectivity index (χ1) is 10.1. The lowest BCUT2D eigenvalue weighted by Crippen LogP contribution is -2.30. The number of nitrogens with one attached hydrogen (secondary N) is 1. The van der Waals surface area contributed by atoms with Crippen LogP contribution in [0.1, 0.15) is 21.6 Å². The Hall–Kier alpha value is -2.31. The van der Waals surface area contributed by atoms with Crippen molar-refractivity contribution in [2.45, 2.75) is 13.1 Å². The lowest BCUT2D eigenvalue weighted by atomic mass is 10.1. The maximum Gasteiger partial charge on any atom is 0.265 e. The number of nitrogens with zero attached hydrogens (tertiary/aromatic N) is 2. The van der Waals surface area contributed by atoms with E-state index in [1.807, 2.05) is 35.6 Å². The predicted molar refractivity (Wildman–Crippen MR) is 77.5 cm³/mol. The molecule has 0 spiro atoms. The summed E-state index contributed by atoms with van der Waals surface area (Å²) < 4.78 is 13.8. The number of rotatable bonds is 5. The number of hydrazine groups is 1. The third-order valence-electron chi connectivity index (χ3n) is 3.04. The molecule has 0 aliphatic carbocycles. The van der Waals surface area contributed by atoms with Gasteiger partial charge in [0.15, 0.2) is 0 Å². The molecular weight excluding hydrogens is 271 g/mol. The maximum atomic E-state index is 13.8. The highest BCUT2D eigenvalue weighted by Gasteiger charge is 2.11. The summed E-state index contributed by atoms with van der Waals surface area (Å²) in [6.45, 7) is 0.960. The molecule has 0 radical (unpaired) electrons. The summed E-state index contributed by atoms with van der Waals surface area (Å²) >= 11 is 0. The van der Waals surface area contributed by atoms with Crippen LogP contribution in [0.3, 0.4) is 0 Å². The van der Waals surface area contributed by atoms with Crippen LogP contribution in [0.2, 0.25) is 0 Å². The standard InChI is InChI=1S/C15H17FN4O/c1-20(10-13-4-2-3-7-18-13)9-12-8-11(15(21)19-17)5-6-14(12)16/h2-8H,9-10,17H2,1H3,(H,19,21). The third kappa shape index (κ3) is 4.08. The molecule has 21 heavy (non-hydrogen) atoms. The normalized spacial score (nSPS) is 10.7. The summed E-state index contributed by atoms with van der Waals surface area (Å²) in [5, 5.41) is 0. The highest BCUT2D eigenvalue weighted by atomic mass is 19.1. The molecule has 1 aromatic heterocycles. The second kappa shape index (κ2) is 6.92. The number of benzene rings is 1. The average molecular weight is 288 g/mol. The second-order valence-electron chi connectivity index (χ2n) is 4.77. The van der Waals surface area contributed by atoms with Crippen LogP contribution in [0.5, 0.6) is 0 Å². The van der Waals surface area contributed by atoms with Crippen LogP contribution < -0.4 is 11.3 Å². The highest BCUT2D eigenvalue weighted by Crippen LogP contribution is 2.14. The van der Waals surface area contributed by atoms with Gasteiger partial charge in [0, 0.05) is 30.4 Å². The van der Waals surface area contributed by atoms with Crippen LogP contribution in [0, 0.1) is 5.82 Å². The Labute approximate surface area is 122 Å². The molecule has 6 heteroatoms. The SMILES string of the molecule is CN(Cc1ccccn1)Cc1cc(C(=O)NN)ccc1F. The van der Waals surface area contributed by atoms with Crippen LogP contribution >= 0.6 is 0 Å². The van der Waals surface area contributed by atoms with E-state index >= 15 is 0 Å². The van der Waals surface area contributed by atoms with Gasteiger partial charge in [0.1, 0.15) is 5.82 Å². The van der Waals surface area contributed by atoms with Gasteiger partial charge in [-0.25, -0.2) is 10.2 Å². The highest BCUT2D eigenvalue weighted by molar-refractivity contribution is 5.93. The fourth-order valence-electron chi connectivity index (χ4n) is 2.04. The van der Waals surface area contributed by atoms with E-state index in [1.54, 1.807) is 6.20 Å². The Morgan fingerprint density at radius 1 is 1.33 bits per heavy atom. The van der Waals surface area contributed by atoms with Gasteiger partial charge in [-0.3, -0.25) is 20.1 Å². The van der Waals surface area contributed by atoms with Crippen LogP contribution in [-0.4, -0.2) is 22.8 Å². The molecule has 5 nitrogen and oxygen atoms in total. The minimum Gasteiger partial charge on any atom is -0.296 e. The van der Waals surface area contributed by atoms with Crippen molar-refractivity contribution >= 4 is 5.91 Å². The molecule has 0 aliphatic rings. The Kier molecular flexibility index (Phi) is 4.97. The van der Waals surface area contributed by atoms with Crippen LogP contribution in [0.4, 0.5) is 4.39 Å². The van der Waals surface area contributed by atoms with Gasteiger partial charge >= 0.3 is 0 Å². The van der Waals surface area contributed by atoms with E-state index in [2.05, 4.69) is 4.98 Å². The smallest absolute Gasteiger partial charge is 0.265 e. The lowest BCUT2D eigenvalue weighted by Gasteiger charge is -2.17. The van der Waals surface area contributed by atoms with E-state index < -0.39 is 5.91 Å². The third-order valence-corrected chi connectivity index (χ3v) is 3.04. The number of carbonyl (C=O) groups excluding carboxylic acids is 1. The number of halogens is 1. The molecule has 0 atom stereocenters. The van der Waals surface area contributed by atoms with Gasteiger partial charge in [-0.1, -0.05) is 6.07 Å². The fourth-order valence-corrected chi connectivity index (χ4v) is 2.04. The minimum absolute atomic E-state index is 0.333. The van der Waals surface area contributed by atoms with Crippen molar-refractivity contribution in [3.8, 4) is 0 Å². The van der Waals surface area contributed by atoms with Crippen molar-refractivity contribution in [1.29, 1.82) is 0 Å². The Morgan fingerprint density at radius 3 is 2.81 bits per heavy atom. The zero-order valence-electron chi connectivity index (χ0n) is 11.7. The summed E-state index contributed by atoms with van der Waals surface area (Å²) in [6.07, 6.45) is 1.72. The quantitative estimate of drug-likeness (QED) is 0.496. The second-order valence-corrected chi connectivity index (χ2v) is 4.77. The van der Waals surface area contributed by atoms with Crippen molar-refractivity contribution in [2.24, 2.45) is 5.84 Å². The summed E-state index contributed by atoms with van der Waals surface area (Å²) in [4.78, 5) is 17.6. The molecule has 0 saturated carbocycles. The molecule has 2 rings (SSSR count). The first-order valence-corrected chi connectivity index (χ1v) is 6.48. The fraction of sp³-hybridized carbons (Fsp3) is 0.200. The molecule has 0 aliphatic heterocycles. The zero-order chi connectivity index (χ0) is 15.2. The van der Waals surface area contributed by atoms with Crippen LogP contribution in [0.25, 0.3) is 0 Å². The first-order valence-electron chi connectivity index (χ1n) is 6.48. The molecule has 0 unspecified atom stereocenters. The first kappa shape index (κ1) is 15.1. The molecular formula is C15H17FN4O. The number of carbonyl (C=O) groups is 1. The van der Waals surface area contributed by atoms with E-state index in [0.29, 0.717) is 24.2 Å². The van der Waals surface area contributed by atoms with Crippen molar-refractivity contribution in [2.75, 3.05) is 7.05 Å². The van der Waals surface area contributed by atoms with E-state index in [9.17, 15) is 9.18 Å². The van der Waals surface area contributed by atoms with Crippen molar-refractivity contribution < 1.29 is 9.18 Å². The molecule has 1 aromatic carbocycles. The van der Waals surface area contributed by atoms with Crippen molar-refractivity contribution in [3.63, 3.8) is 0 Å². The van der Waals surface area contributed by atoms with E-state index in [1.165, 1.54) is 18.2 Å². The van der Waals surface area contributed by atoms with Gasteiger partial charge in [0.2, 0.25) is 0 Å². The lowest BCUT2D eigenvalue weighted by molar-refractivity contribution is 0.0953. The molecule has 0 saturated heterocycles. The maximum absolute atomic E-state index is 13.8. The molecule has 0 bridgehead atoms. The molecule has 3 N–H and O–H groups in total. The van der Waals surface area contributed by atoms with Crippen LogP contribution in [-0.2, 0) is 13.1 Å². The molecule has 1 heterocycles. The summed E-state index contributed by atoms with van der Waals surface area (Å²) in [6, 6.07) is 9.84. The summed E-state index contributed by atoms with van der Waals surface area (Å²) in [5.41, 5.74) is 3.71. The largest absolute Gasteiger partial charge is 0.296 e. The Bertz CT molecular complexity index is 618. The number of nitrogen functional groups attached to an aromatic ring is 1. The number of hydrogen-bond donors (Lipinski definition) is 2. The van der Waals surface area contributed by atoms with E-state index in [4.69, 9.17) is 5.84 Å². The molecule has 1 amide bonds. The Balaban J connectivity index is 2.09. The molecule has 0 fully saturated rings. The topological polar surface area (TPSA) is 71.2 Å². The number of pyridine rings is 1. The monoisotopic (exact) mass is 288 g/mol. The number of hydrogen-bond acceptors (Lipinski definition) is 4. The summed E-state index contributed by atoms with van der Waals surface area (Å²) in [7, 11) is 1.86. The molecule has 110 valence electrons. The minimum atomic E-state index is -0.441. The molecule has 2 aromatic rings. The zero-order valence-corrected chi connectivity index (χ0v) is 11.7. The van der Waals surface area contributed by atoms with Gasteiger partial charge in [-0.15, -0.1) is 0 Å². The van der Waals surface area contributed by atoms with Crippen molar-refractivity contribution in [3.05, 3.63) is 65.2 Å². The van der Waals surface area contributed by atoms with Gasteiger partial charge in [0.25, 0.3) is 5.91 Å². The Morgan fingerprint density at radius 2 is 2.14 bits per heavy atom. The van der Waals surface area contributed by atoms with Gasteiger partial charge in [-0.05, 0) is 37.4 Å². The average Bonchev–Trinajstić information content (AvgIpc) is 2.49. The van der Waals surface area contributed by atoms with Crippen LogP contribution in [0.15, 0.2) is 42.6 Å².